The second-order valence-corrected chi connectivity index (χ2v) is 9.97. The van der Waals surface area contributed by atoms with Crippen molar-refractivity contribution in [1.29, 1.82) is 0 Å². The van der Waals surface area contributed by atoms with Crippen LogP contribution in [0.2, 0.25) is 0 Å². The van der Waals surface area contributed by atoms with Crippen LogP contribution in [0.1, 0.15) is 37.1 Å². The first-order valence-corrected chi connectivity index (χ1v) is 13.5. The van der Waals surface area contributed by atoms with E-state index in [9.17, 15) is 19.2 Å². The highest BCUT2D eigenvalue weighted by molar-refractivity contribution is 6.05. The molecule has 2 heterocycles. The number of rotatable bonds is 12. The number of aromatic amines is 1. The SMILES string of the molecule is CC[C@H](C)[C@H](NC(=O)Cc1ccccc1)C(=O)NCC(=O)N1c2cc(OC)ccc2CC1C(=O)NCc1c[nH]nn1. The standard InChI is InChI=1S/C29H35N7O5/c1-4-18(2)27(33-25(37)12-19-8-6-5-7-9-19)29(40)31-17-26(38)36-23-14-22(41-3)11-10-20(23)13-24(36)28(39)30-15-21-16-32-35-34-21/h5-11,14,16,18,24,27H,4,12-13,15,17H2,1-3H3,(H,30,39)(H,31,40)(H,33,37)(H,32,34,35)/t18-,24?,27-/m0/s1. The Kier molecular flexibility index (Phi) is 9.67. The van der Waals surface area contributed by atoms with Crippen LogP contribution in [0, 0.1) is 5.92 Å². The summed E-state index contributed by atoms with van der Waals surface area (Å²) >= 11 is 0. The number of H-pyrrole nitrogens is 1. The molecule has 3 atom stereocenters. The van der Waals surface area contributed by atoms with Gasteiger partial charge in [0.1, 0.15) is 23.5 Å². The van der Waals surface area contributed by atoms with Crippen molar-refractivity contribution < 1.29 is 23.9 Å². The van der Waals surface area contributed by atoms with Gasteiger partial charge in [0.15, 0.2) is 0 Å². The molecule has 41 heavy (non-hydrogen) atoms. The third kappa shape index (κ3) is 7.27. The van der Waals surface area contributed by atoms with E-state index in [0.29, 0.717) is 30.0 Å². The van der Waals surface area contributed by atoms with Crippen molar-refractivity contribution in [2.45, 2.75) is 51.7 Å². The zero-order valence-electron chi connectivity index (χ0n) is 23.3. The van der Waals surface area contributed by atoms with Gasteiger partial charge in [0.25, 0.3) is 0 Å². The van der Waals surface area contributed by atoms with Crippen LogP contribution in [-0.2, 0) is 38.6 Å². The van der Waals surface area contributed by atoms with Gasteiger partial charge in [-0.25, -0.2) is 0 Å². The Morgan fingerprint density at radius 2 is 1.90 bits per heavy atom. The molecule has 4 rings (SSSR count). The Bertz CT molecular complexity index is 1360. The van der Waals surface area contributed by atoms with Gasteiger partial charge in [0, 0.05) is 18.7 Å². The Labute approximate surface area is 238 Å². The van der Waals surface area contributed by atoms with E-state index in [-0.39, 0.29) is 37.2 Å². The van der Waals surface area contributed by atoms with Crippen molar-refractivity contribution in [3.8, 4) is 5.75 Å². The van der Waals surface area contributed by atoms with Crippen LogP contribution in [0.25, 0.3) is 0 Å². The third-order valence-electron chi connectivity index (χ3n) is 7.19. The van der Waals surface area contributed by atoms with Crippen molar-refractivity contribution >= 4 is 29.3 Å². The molecule has 0 saturated carbocycles. The fraction of sp³-hybridized carbons (Fsp3) is 0.379. The largest absolute Gasteiger partial charge is 0.497 e. The van der Waals surface area contributed by atoms with E-state index in [1.807, 2.05) is 50.2 Å². The van der Waals surface area contributed by atoms with Crippen molar-refractivity contribution in [3.63, 3.8) is 0 Å². The number of methoxy groups -OCH3 is 1. The van der Waals surface area contributed by atoms with Gasteiger partial charge in [-0.2, -0.15) is 0 Å². The first-order valence-electron chi connectivity index (χ1n) is 13.5. The van der Waals surface area contributed by atoms with E-state index in [4.69, 9.17) is 4.74 Å². The van der Waals surface area contributed by atoms with E-state index in [2.05, 4.69) is 31.4 Å². The van der Waals surface area contributed by atoms with Gasteiger partial charge in [0.05, 0.1) is 32.3 Å². The van der Waals surface area contributed by atoms with E-state index in [0.717, 1.165) is 11.1 Å². The molecular formula is C29H35N7O5. The maximum Gasteiger partial charge on any atom is 0.247 e. The molecule has 0 spiro atoms. The molecule has 0 bridgehead atoms. The molecule has 12 nitrogen and oxygen atoms in total. The number of nitrogens with zero attached hydrogens (tertiary/aromatic N) is 3. The predicted octanol–water partition coefficient (Wildman–Crippen LogP) is 1.28. The first kappa shape index (κ1) is 29.2. The normalized spacial score (nSPS) is 15.4. The van der Waals surface area contributed by atoms with E-state index < -0.39 is 23.9 Å². The molecule has 0 saturated heterocycles. The minimum absolute atomic E-state index is 0.136. The maximum atomic E-state index is 13.6. The molecule has 12 heteroatoms. The van der Waals surface area contributed by atoms with Gasteiger partial charge >= 0.3 is 0 Å². The molecule has 0 fully saturated rings. The second-order valence-electron chi connectivity index (χ2n) is 9.97. The summed E-state index contributed by atoms with van der Waals surface area (Å²) in [5.41, 5.74) is 2.73. The summed E-state index contributed by atoms with van der Waals surface area (Å²) in [6.07, 6.45) is 2.65. The highest BCUT2D eigenvalue weighted by Crippen LogP contribution is 2.35. The quantitative estimate of drug-likeness (QED) is 0.259. The third-order valence-corrected chi connectivity index (χ3v) is 7.19. The number of carbonyl (C=O) groups is 4. The minimum atomic E-state index is -0.829. The Morgan fingerprint density at radius 1 is 1.12 bits per heavy atom. The molecule has 1 aromatic heterocycles. The number of anilines is 1. The summed E-state index contributed by atoms with van der Waals surface area (Å²) < 4.78 is 5.34. The predicted molar refractivity (Wildman–Crippen MR) is 151 cm³/mol. The van der Waals surface area contributed by atoms with Gasteiger partial charge in [-0.15, -0.1) is 5.10 Å². The smallest absolute Gasteiger partial charge is 0.247 e. The van der Waals surface area contributed by atoms with Crippen LogP contribution in [0.3, 0.4) is 0 Å². The van der Waals surface area contributed by atoms with Gasteiger partial charge in [-0.3, -0.25) is 29.2 Å². The van der Waals surface area contributed by atoms with E-state index >= 15 is 0 Å². The lowest BCUT2D eigenvalue weighted by Crippen LogP contribution is -2.54. The van der Waals surface area contributed by atoms with Crippen LogP contribution >= 0.6 is 0 Å². The number of hydrogen-bond donors (Lipinski definition) is 4. The molecule has 216 valence electrons. The van der Waals surface area contributed by atoms with Crippen molar-refractivity contribution in [2.24, 2.45) is 5.92 Å². The topological polar surface area (TPSA) is 158 Å². The highest BCUT2D eigenvalue weighted by atomic mass is 16.5. The van der Waals surface area contributed by atoms with Gasteiger partial charge < -0.3 is 20.7 Å². The Balaban J connectivity index is 1.45. The molecule has 4 N–H and O–H groups in total. The van der Waals surface area contributed by atoms with Crippen LogP contribution in [0.15, 0.2) is 54.7 Å². The molecule has 0 radical (unpaired) electrons. The van der Waals surface area contributed by atoms with E-state index in [1.165, 1.54) is 12.0 Å². The number of hydrogen-bond acceptors (Lipinski definition) is 7. The summed E-state index contributed by atoms with van der Waals surface area (Å²) in [6.45, 7) is 3.58. The average molecular weight is 562 g/mol. The van der Waals surface area contributed by atoms with E-state index in [1.54, 1.807) is 18.3 Å². The number of aromatic nitrogens is 3. The number of benzene rings is 2. The van der Waals surface area contributed by atoms with Crippen LogP contribution in [0.5, 0.6) is 5.75 Å². The molecule has 4 amide bonds. The zero-order chi connectivity index (χ0) is 29.4. The Morgan fingerprint density at radius 3 is 2.59 bits per heavy atom. The molecule has 0 aliphatic carbocycles. The molecule has 2 aromatic carbocycles. The number of nitrogens with one attached hydrogen (secondary N) is 4. The highest BCUT2D eigenvalue weighted by Gasteiger charge is 2.39. The minimum Gasteiger partial charge on any atom is -0.497 e. The summed E-state index contributed by atoms with van der Waals surface area (Å²) in [7, 11) is 1.52. The fourth-order valence-corrected chi connectivity index (χ4v) is 4.73. The average Bonchev–Trinajstić information content (AvgIpc) is 3.65. The van der Waals surface area contributed by atoms with Gasteiger partial charge in [0.2, 0.25) is 23.6 Å². The van der Waals surface area contributed by atoms with Crippen LogP contribution in [-0.4, -0.2) is 64.8 Å². The Hall–Kier alpha value is -4.74. The summed E-state index contributed by atoms with van der Waals surface area (Å²) in [5, 5.41) is 18.4. The lowest BCUT2D eigenvalue weighted by atomic mass is 9.98. The van der Waals surface area contributed by atoms with Crippen LogP contribution in [0.4, 0.5) is 5.69 Å². The van der Waals surface area contributed by atoms with Crippen molar-refractivity contribution in [1.82, 2.24) is 31.4 Å². The van der Waals surface area contributed by atoms with Gasteiger partial charge in [-0.1, -0.05) is 61.9 Å². The van der Waals surface area contributed by atoms with Crippen molar-refractivity contribution in [2.75, 3.05) is 18.6 Å². The molecule has 1 aliphatic rings. The zero-order valence-corrected chi connectivity index (χ0v) is 23.3. The number of carbonyl (C=O) groups excluding carboxylic acids is 4. The fourth-order valence-electron chi connectivity index (χ4n) is 4.73. The first-order chi connectivity index (χ1) is 19.8. The molecule has 1 unspecified atom stereocenters. The molecule has 3 aromatic rings. The maximum absolute atomic E-state index is 13.6. The monoisotopic (exact) mass is 561 g/mol. The van der Waals surface area contributed by atoms with Crippen molar-refractivity contribution in [3.05, 3.63) is 71.5 Å². The molecular weight excluding hydrogens is 526 g/mol. The molecule has 1 aliphatic heterocycles. The summed E-state index contributed by atoms with van der Waals surface area (Å²) in [5.74, 6) is -1.22. The lowest BCUT2D eigenvalue weighted by Gasteiger charge is -2.27. The van der Waals surface area contributed by atoms with Crippen LogP contribution < -0.4 is 25.6 Å². The summed E-state index contributed by atoms with van der Waals surface area (Å²) in [4.78, 5) is 54.1. The number of ether oxygens (including phenoxy) is 1. The second kappa shape index (κ2) is 13.6. The van der Waals surface area contributed by atoms with Gasteiger partial charge in [-0.05, 0) is 23.1 Å². The number of fused-ring (bicyclic) bond motifs is 1. The lowest BCUT2D eigenvalue weighted by molar-refractivity contribution is -0.131. The number of amides is 4. The summed E-state index contributed by atoms with van der Waals surface area (Å²) in [6, 6.07) is 12.9.